The zero-order chi connectivity index (χ0) is 19.4. The van der Waals surface area contributed by atoms with E-state index in [1.807, 2.05) is 13.0 Å². The Labute approximate surface area is 181 Å². The average Bonchev–Trinajstić information content (AvgIpc) is 2.58. The molecule has 0 saturated heterocycles. The van der Waals surface area contributed by atoms with Crippen molar-refractivity contribution in [3.8, 4) is 0 Å². The molecular weight excluding hydrogens is 356 g/mol. The Morgan fingerprint density at radius 1 is 0.379 bits per heavy atom. The Kier molecular flexibility index (Phi) is 26.5. The minimum Gasteiger partial charge on any atom is -0.344 e. The molecule has 0 aliphatic heterocycles. The summed E-state index contributed by atoms with van der Waals surface area (Å²) in [5.41, 5.74) is 9.06. The molecule has 4 heteroatoms. The Balaban J connectivity index is -0.000000480. The molecule has 0 bridgehead atoms. The third kappa shape index (κ3) is 17.6. The summed E-state index contributed by atoms with van der Waals surface area (Å²) in [5, 5.41) is 0. The Bertz CT molecular complexity index is 690. The second-order valence-corrected chi connectivity index (χ2v) is 6.87. The molecule has 0 rings (SSSR count). The number of rotatable bonds is 7. The van der Waals surface area contributed by atoms with Crippen molar-refractivity contribution in [3.05, 3.63) is 93.7 Å². The largest absolute Gasteiger partial charge is 0.344 e. The lowest BCUT2D eigenvalue weighted by Crippen LogP contribution is -1.82. The molecular formula is C25H48N4. The molecule has 0 aliphatic carbocycles. The molecule has 0 aliphatic rings. The lowest BCUT2D eigenvalue weighted by atomic mass is 10.0. The maximum Gasteiger partial charge on any atom is -0.0395 e. The maximum atomic E-state index is 2.20. The van der Waals surface area contributed by atoms with Crippen LogP contribution in [0.15, 0.2) is 93.7 Å². The number of hydrogen-bond acceptors (Lipinski definition) is 4. The lowest BCUT2D eigenvalue weighted by Gasteiger charge is -2.03. The first-order valence-corrected chi connectivity index (χ1v) is 9.01. The van der Waals surface area contributed by atoms with E-state index in [2.05, 4.69) is 104 Å². The predicted octanol–water partition coefficient (Wildman–Crippen LogP) is 8.85. The van der Waals surface area contributed by atoms with E-state index in [9.17, 15) is 0 Å². The zero-order valence-electron chi connectivity index (χ0n) is 20.5. The van der Waals surface area contributed by atoms with Gasteiger partial charge in [-0.2, -0.15) is 0 Å². The average molecular weight is 405 g/mol. The molecule has 12 N–H and O–H groups in total. The van der Waals surface area contributed by atoms with Crippen LogP contribution in [0.4, 0.5) is 0 Å². The Morgan fingerprint density at radius 3 is 0.862 bits per heavy atom. The first-order valence-electron chi connectivity index (χ1n) is 9.01. The summed E-state index contributed by atoms with van der Waals surface area (Å²) >= 11 is 0. The van der Waals surface area contributed by atoms with Crippen molar-refractivity contribution >= 4 is 0 Å². The summed E-state index contributed by atoms with van der Waals surface area (Å²) in [7, 11) is 0. The fourth-order valence-electron chi connectivity index (χ4n) is 1.82. The number of hydrogen-bond donors (Lipinski definition) is 4. The zero-order valence-corrected chi connectivity index (χ0v) is 20.5. The standard InChI is InChI=1S/C25H36.4H3N/c1-10-11-12-20(4)22(6)15-16-24(8)25(9)18-17-23(7)21(5)14-13-19(2)3;;;;/h10-18H,1-9H3;4*1H3/b11-10-,20-12+,21-14+,22-15+,23-17+,24-16+,25-18+;;;;. The summed E-state index contributed by atoms with van der Waals surface area (Å²) in [5.74, 6) is 0. The molecule has 0 heterocycles. The van der Waals surface area contributed by atoms with Gasteiger partial charge >= 0.3 is 0 Å². The quantitative estimate of drug-likeness (QED) is 0.314. The van der Waals surface area contributed by atoms with Crippen LogP contribution in [0, 0.1) is 0 Å². The highest BCUT2D eigenvalue weighted by Gasteiger charge is 1.94. The molecule has 0 aromatic carbocycles. The first kappa shape index (κ1) is 37.5. The summed E-state index contributed by atoms with van der Waals surface area (Å²) in [6.45, 7) is 19.2. The van der Waals surface area contributed by atoms with Crippen molar-refractivity contribution < 1.29 is 0 Å². The van der Waals surface area contributed by atoms with Crippen molar-refractivity contribution in [3.63, 3.8) is 0 Å². The van der Waals surface area contributed by atoms with E-state index in [-0.39, 0.29) is 24.6 Å². The second-order valence-electron chi connectivity index (χ2n) is 6.87. The molecule has 0 aromatic rings. The smallest absolute Gasteiger partial charge is 0.0395 e. The van der Waals surface area contributed by atoms with E-state index in [1.165, 1.54) is 39.0 Å². The van der Waals surface area contributed by atoms with Crippen LogP contribution < -0.4 is 24.6 Å². The Hall–Kier alpha value is -2.24. The highest BCUT2D eigenvalue weighted by molar-refractivity contribution is 5.40. The molecule has 0 spiro atoms. The van der Waals surface area contributed by atoms with Crippen LogP contribution >= 0.6 is 0 Å². The highest BCUT2D eigenvalue weighted by atomic mass is 14.0. The second kappa shape index (κ2) is 20.5. The van der Waals surface area contributed by atoms with Crippen molar-refractivity contribution in [2.45, 2.75) is 62.3 Å². The van der Waals surface area contributed by atoms with E-state index >= 15 is 0 Å². The summed E-state index contributed by atoms with van der Waals surface area (Å²) in [6, 6.07) is 0. The van der Waals surface area contributed by atoms with Gasteiger partial charge in [-0.05, 0) is 95.8 Å². The minimum atomic E-state index is 0. The van der Waals surface area contributed by atoms with E-state index in [4.69, 9.17) is 0 Å². The van der Waals surface area contributed by atoms with Gasteiger partial charge in [0.1, 0.15) is 0 Å². The summed E-state index contributed by atoms with van der Waals surface area (Å²) < 4.78 is 0. The van der Waals surface area contributed by atoms with Crippen LogP contribution in [0.1, 0.15) is 62.3 Å². The maximum absolute atomic E-state index is 2.20. The number of allylic oxidation sites excluding steroid dienone is 16. The van der Waals surface area contributed by atoms with Gasteiger partial charge < -0.3 is 24.6 Å². The lowest BCUT2D eigenvalue weighted by molar-refractivity contribution is 1.30. The third-order valence-corrected chi connectivity index (χ3v) is 4.24. The minimum absolute atomic E-state index is 0. The van der Waals surface area contributed by atoms with E-state index in [0.717, 1.165) is 0 Å². The SMILES string of the molecule is C\C=C/C=C(C)/C(C)=C/C=C(C)/C(C)=C/C=C(C)/C(C)=C/C=C(C)C.N.N.N.N. The molecule has 0 amide bonds. The van der Waals surface area contributed by atoms with Gasteiger partial charge in [0.15, 0.2) is 0 Å². The van der Waals surface area contributed by atoms with Crippen molar-refractivity contribution in [1.82, 2.24) is 24.6 Å². The normalized spacial score (nSPS) is 13.7. The summed E-state index contributed by atoms with van der Waals surface area (Å²) in [4.78, 5) is 0. The van der Waals surface area contributed by atoms with Crippen molar-refractivity contribution in [1.29, 1.82) is 0 Å². The first-order chi connectivity index (χ1) is 11.7. The highest BCUT2D eigenvalue weighted by Crippen LogP contribution is 2.15. The van der Waals surface area contributed by atoms with Crippen molar-refractivity contribution in [2.24, 2.45) is 0 Å². The molecule has 0 radical (unpaired) electrons. The topological polar surface area (TPSA) is 140 Å². The summed E-state index contributed by atoms with van der Waals surface area (Å²) in [6.07, 6.45) is 19.4. The molecule has 0 atom stereocenters. The van der Waals surface area contributed by atoms with Gasteiger partial charge in [-0.15, -0.1) is 0 Å². The van der Waals surface area contributed by atoms with Crippen LogP contribution in [0.3, 0.4) is 0 Å². The van der Waals surface area contributed by atoms with Gasteiger partial charge in [0.25, 0.3) is 0 Å². The van der Waals surface area contributed by atoms with Gasteiger partial charge in [0, 0.05) is 0 Å². The molecule has 4 nitrogen and oxygen atoms in total. The molecule has 0 saturated carbocycles. The predicted molar refractivity (Wildman–Crippen MR) is 137 cm³/mol. The fraction of sp³-hybridized carbons (Fsp3) is 0.360. The van der Waals surface area contributed by atoms with E-state index < -0.39 is 0 Å². The molecule has 0 fully saturated rings. The van der Waals surface area contributed by atoms with Crippen molar-refractivity contribution in [2.75, 3.05) is 0 Å². The van der Waals surface area contributed by atoms with E-state index in [1.54, 1.807) is 0 Å². The molecule has 168 valence electrons. The van der Waals surface area contributed by atoms with Gasteiger partial charge in [-0.1, -0.05) is 60.3 Å². The molecule has 0 aromatic heterocycles. The van der Waals surface area contributed by atoms with Gasteiger partial charge in [0.05, 0.1) is 0 Å². The van der Waals surface area contributed by atoms with Gasteiger partial charge in [-0.3, -0.25) is 0 Å². The van der Waals surface area contributed by atoms with Crippen LogP contribution in [-0.4, -0.2) is 0 Å². The van der Waals surface area contributed by atoms with Crippen LogP contribution in [0.2, 0.25) is 0 Å². The Morgan fingerprint density at radius 2 is 0.621 bits per heavy atom. The van der Waals surface area contributed by atoms with Gasteiger partial charge in [-0.25, -0.2) is 0 Å². The van der Waals surface area contributed by atoms with Crippen LogP contribution in [-0.2, 0) is 0 Å². The monoisotopic (exact) mass is 404 g/mol. The van der Waals surface area contributed by atoms with Crippen LogP contribution in [0.5, 0.6) is 0 Å². The van der Waals surface area contributed by atoms with E-state index in [0.29, 0.717) is 0 Å². The molecule has 29 heavy (non-hydrogen) atoms. The fourth-order valence-corrected chi connectivity index (χ4v) is 1.82. The van der Waals surface area contributed by atoms with Crippen LogP contribution in [0.25, 0.3) is 0 Å². The molecule has 0 unspecified atom stereocenters. The third-order valence-electron chi connectivity index (χ3n) is 4.24. The van der Waals surface area contributed by atoms with Gasteiger partial charge in [0.2, 0.25) is 0 Å².